The first-order valence-corrected chi connectivity index (χ1v) is 7.24. The molecule has 0 radical (unpaired) electrons. The second-order valence-electron chi connectivity index (χ2n) is 5.33. The highest BCUT2D eigenvalue weighted by atomic mass is 16.4. The third-order valence-electron chi connectivity index (χ3n) is 3.77. The zero-order valence-corrected chi connectivity index (χ0v) is 12.3. The average Bonchev–Trinajstić information content (AvgIpc) is 2.84. The lowest BCUT2D eigenvalue weighted by Crippen LogP contribution is -2.49. The number of rotatable bonds is 6. The van der Waals surface area contributed by atoms with E-state index in [1.165, 1.54) is 5.01 Å². The number of carbonyl (C=O) groups excluding carboxylic acids is 3. The number of Topliss-reactive ketones (excluding diaryl/α,β-unsaturated/α-hetero) is 2. The highest BCUT2D eigenvalue weighted by molar-refractivity contribution is 5.99. The van der Waals surface area contributed by atoms with Crippen molar-refractivity contribution in [3.05, 3.63) is 11.3 Å². The van der Waals surface area contributed by atoms with Crippen molar-refractivity contribution in [2.45, 2.75) is 38.6 Å². The molecule has 120 valence electrons. The second-order valence-corrected chi connectivity index (χ2v) is 5.33. The number of carboxylic acids is 1. The molecule has 0 spiro atoms. The molecule has 1 aliphatic carbocycles. The van der Waals surface area contributed by atoms with E-state index < -0.39 is 17.9 Å². The molecule has 0 saturated carbocycles. The maximum Gasteiger partial charge on any atom is 0.327 e. The zero-order valence-electron chi connectivity index (χ0n) is 12.3. The SMILES string of the molecule is CCC(=O)CNC(=O)CN1NC2=C(CCCC2=O)C1C(=O)O. The third-order valence-corrected chi connectivity index (χ3v) is 3.77. The van der Waals surface area contributed by atoms with Crippen LogP contribution in [0, 0.1) is 0 Å². The van der Waals surface area contributed by atoms with Crippen LogP contribution in [0.25, 0.3) is 0 Å². The van der Waals surface area contributed by atoms with Gasteiger partial charge in [0, 0.05) is 12.8 Å². The Morgan fingerprint density at radius 2 is 2.09 bits per heavy atom. The number of ketones is 2. The molecule has 1 amide bonds. The van der Waals surface area contributed by atoms with E-state index in [4.69, 9.17) is 0 Å². The van der Waals surface area contributed by atoms with E-state index in [9.17, 15) is 24.3 Å². The molecule has 0 aromatic rings. The highest BCUT2D eigenvalue weighted by Crippen LogP contribution is 2.30. The molecule has 0 saturated heterocycles. The Labute approximate surface area is 127 Å². The van der Waals surface area contributed by atoms with Crippen LogP contribution in [0.5, 0.6) is 0 Å². The summed E-state index contributed by atoms with van der Waals surface area (Å²) in [6.07, 6.45) is 1.85. The van der Waals surface area contributed by atoms with Gasteiger partial charge in [-0.05, 0) is 18.4 Å². The lowest BCUT2D eigenvalue weighted by atomic mass is 9.92. The molecule has 0 fully saturated rings. The van der Waals surface area contributed by atoms with Gasteiger partial charge in [0.05, 0.1) is 18.8 Å². The minimum absolute atomic E-state index is 0.0764. The van der Waals surface area contributed by atoms with E-state index in [2.05, 4.69) is 10.7 Å². The molecule has 1 atom stereocenters. The Balaban J connectivity index is 2.03. The van der Waals surface area contributed by atoms with Gasteiger partial charge < -0.3 is 15.8 Å². The first-order valence-electron chi connectivity index (χ1n) is 7.24. The number of hydrogen-bond acceptors (Lipinski definition) is 6. The van der Waals surface area contributed by atoms with Gasteiger partial charge in [0.25, 0.3) is 0 Å². The summed E-state index contributed by atoms with van der Waals surface area (Å²) < 4.78 is 0. The second kappa shape index (κ2) is 6.69. The quantitative estimate of drug-likeness (QED) is 0.598. The summed E-state index contributed by atoms with van der Waals surface area (Å²) in [5, 5.41) is 13.0. The molecule has 2 aliphatic rings. The molecule has 22 heavy (non-hydrogen) atoms. The number of carbonyl (C=O) groups is 4. The predicted octanol–water partition coefficient (Wildman–Crippen LogP) is -0.638. The normalized spacial score (nSPS) is 21.3. The number of nitrogens with one attached hydrogen (secondary N) is 2. The van der Waals surface area contributed by atoms with Crippen molar-refractivity contribution in [2.75, 3.05) is 13.1 Å². The van der Waals surface area contributed by atoms with Crippen LogP contribution >= 0.6 is 0 Å². The van der Waals surface area contributed by atoms with Crippen LogP contribution in [0.2, 0.25) is 0 Å². The summed E-state index contributed by atoms with van der Waals surface area (Å²) in [7, 11) is 0. The number of nitrogens with zero attached hydrogens (tertiary/aromatic N) is 1. The molecule has 0 bridgehead atoms. The average molecular weight is 309 g/mol. The molecule has 8 nitrogen and oxygen atoms in total. The fraction of sp³-hybridized carbons (Fsp3) is 0.571. The summed E-state index contributed by atoms with van der Waals surface area (Å²) in [5.41, 5.74) is 3.57. The van der Waals surface area contributed by atoms with Gasteiger partial charge in [-0.25, -0.2) is 0 Å². The largest absolute Gasteiger partial charge is 0.480 e. The van der Waals surface area contributed by atoms with Gasteiger partial charge in [-0.15, -0.1) is 0 Å². The molecule has 1 aliphatic heterocycles. The zero-order chi connectivity index (χ0) is 16.3. The van der Waals surface area contributed by atoms with Crippen LogP contribution in [0.4, 0.5) is 0 Å². The number of allylic oxidation sites excluding steroid dienone is 1. The van der Waals surface area contributed by atoms with E-state index in [0.29, 0.717) is 37.0 Å². The third kappa shape index (κ3) is 3.33. The number of carboxylic acid groups (broad SMARTS) is 1. The van der Waals surface area contributed by atoms with Crippen molar-refractivity contribution >= 4 is 23.4 Å². The Hall–Kier alpha value is -2.22. The molecule has 3 N–H and O–H groups in total. The van der Waals surface area contributed by atoms with Gasteiger partial charge in [-0.1, -0.05) is 6.92 Å². The predicted molar refractivity (Wildman–Crippen MR) is 75.5 cm³/mol. The smallest absolute Gasteiger partial charge is 0.327 e. The number of hydrazine groups is 1. The van der Waals surface area contributed by atoms with Crippen LogP contribution in [0.15, 0.2) is 11.3 Å². The van der Waals surface area contributed by atoms with Gasteiger partial charge >= 0.3 is 5.97 Å². The van der Waals surface area contributed by atoms with Crippen LogP contribution in [0.3, 0.4) is 0 Å². The van der Waals surface area contributed by atoms with Gasteiger partial charge in [0.1, 0.15) is 0 Å². The van der Waals surface area contributed by atoms with Gasteiger partial charge in [-0.2, -0.15) is 5.01 Å². The summed E-state index contributed by atoms with van der Waals surface area (Å²) >= 11 is 0. The van der Waals surface area contributed by atoms with Crippen molar-refractivity contribution in [3.8, 4) is 0 Å². The van der Waals surface area contributed by atoms with E-state index in [1.807, 2.05) is 0 Å². The lowest BCUT2D eigenvalue weighted by Gasteiger charge is -2.22. The summed E-state index contributed by atoms with van der Waals surface area (Å²) in [4.78, 5) is 46.3. The van der Waals surface area contributed by atoms with Gasteiger partial charge in [0.15, 0.2) is 17.6 Å². The lowest BCUT2D eigenvalue weighted by molar-refractivity contribution is -0.143. The molecule has 1 unspecified atom stereocenters. The summed E-state index contributed by atoms with van der Waals surface area (Å²) in [6.45, 7) is 1.38. The van der Waals surface area contributed by atoms with Crippen molar-refractivity contribution in [2.24, 2.45) is 0 Å². The molecular weight excluding hydrogens is 290 g/mol. The van der Waals surface area contributed by atoms with Crippen molar-refractivity contribution in [1.29, 1.82) is 0 Å². The highest BCUT2D eigenvalue weighted by Gasteiger charge is 2.41. The summed E-state index contributed by atoms with van der Waals surface area (Å²) in [5.74, 6) is -1.81. The minimum Gasteiger partial charge on any atom is -0.480 e. The van der Waals surface area contributed by atoms with Gasteiger partial charge in [0.2, 0.25) is 5.91 Å². The Morgan fingerprint density at radius 1 is 1.36 bits per heavy atom. The molecule has 0 aromatic heterocycles. The van der Waals surface area contributed by atoms with Crippen molar-refractivity contribution in [1.82, 2.24) is 15.8 Å². The summed E-state index contributed by atoms with van der Waals surface area (Å²) in [6, 6.07) is -1.02. The van der Waals surface area contributed by atoms with E-state index in [-0.39, 0.29) is 24.7 Å². The molecular formula is C14H19N3O5. The maximum absolute atomic E-state index is 11.8. The van der Waals surface area contributed by atoms with Crippen LogP contribution < -0.4 is 10.7 Å². The first kappa shape index (κ1) is 16.2. The van der Waals surface area contributed by atoms with E-state index >= 15 is 0 Å². The van der Waals surface area contributed by atoms with E-state index in [1.54, 1.807) is 6.92 Å². The van der Waals surface area contributed by atoms with Crippen LogP contribution in [-0.2, 0) is 19.2 Å². The number of amides is 1. The Morgan fingerprint density at radius 3 is 2.73 bits per heavy atom. The molecule has 0 aromatic carbocycles. The Kier molecular flexibility index (Phi) is 4.92. The monoisotopic (exact) mass is 309 g/mol. The topological polar surface area (TPSA) is 116 Å². The van der Waals surface area contributed by atoms with Crippen LogP contribution in [-0.4, -0.2) is 52.7 Å². The van der Waals surface area contributed by atoms with Crippen LogP contribution in [0.1, 0.15) is 32.6 Å². The molecule has 8 heteroatoms. The maximum atomic E-state index is 11.8. The fourth-order valence-corrected chi connectivity index (χ4v) is 2.62. The van der Waals surface area contributed by atoms with E-state index in [0.717, 1.165) is 0 Å². The first-order chi connectivity index (χ1) is 10.4. The number of hydrogen-bond donors (Lipinski definition) is 3. The van der Waals surface area contributed by atoms with Gasteiger partial charge in [-0.3, -0.25) is 19.2 Å². The Bertz CT molecular complexity index is 555. The molecule has 1 heterocycles. The fourth-order valence-electron chi connectivity index (χ4n) is 2.62. The van der Waals surface area contributed by atoms with Crippen molar-refractivity contribution < 1.29 is 24.3 Å². The minimum atomic E-state index is -1.11. The molecule has 2 rings (SSSR count). The standard InChI is InChI=1S/C14H19N3O5/c1-2-8(18)6-15-11(20)7-17-13(14(21)22)9-4-3-5-10(19)12(9)16-17/h13,16H,2-7H2,1H3,(H,15,20)(H,21,22). The number of aliphatic carboxylic acids is 1. The van der Waals surface area contributed by atoms with Crippen molar-refractivity contribution in [3.63, 3.8) is 0 Å².